The van der Waals surface area contributed by atoms with Crippen LogP contribution < -0.4 is 10.1 Å². The fourth-order valence-electron chi connectivity index (χ4n) is 4.53. The second kappa shape index (κ2) is 12.9. The monoisotopic (exact) mass is 552 g/mol. The van der Waals surface area contributed by atoms with E-state index in [-0.39, 0.29) is 30.4 Å². The number of benzene rings is 3. The summed E-state index contributed by atoms with van der Waals surface area (Å²) < 4.78 is 44.1. The highest BCUT2D eigenvalue weighted by atomic mass is 32.2. The minimum atomic E-state index is -4.06. The first kappa shape index (κ1) is 28.3. The van der Waals surface area contributed by atoms with Gasteiger partial charge in [-0.05, 0) is 41.8 Å². The second-order valence-electron chi connectivity index (χ2n) is 9.21. The molecule has 1 aliphatic heterocycles. The van der Waals surface area contributed by atoms with Gasteiger partial charge in [-0.1, -0.05) is 60.7 Å². The van der Waals surface area contributed by atoms with Crippen molar-refractivity contribution in [3.63, 3.8) is 0 Å². The van der Waals surface area contributed by atoms with Gasteiger partial charge in [-0.15, -0.1) is 0 Å². The zero-order valence-corrected chi connectivity index (χ0v) is 22.7. The highest BCUT2D eigenvalue weighted by Gasteiger charge is 2.45. The lowest BCUT2D eigenvalue weighted by Gasteiger charge is -2.22. The van der Waals surface area contributed by atoms with E-state index in [0.717, 1.165) is 15.4 Å². The van der Waals surface area contributed by atoms with Crippen molar-refractivity contribution in [1.29, 1.82) is 0 Å². The molecule has 0 spiro atoms. The van der Waals surface area contributed by atoms with Crippen molar-refractivity contribution in [2.45, 2.75) is 42.5 Å². The number of hydrogen-bond donors (Lipinski definition) is 1. The molecule has 0 aromatic heterocycles. The molecule has 1 N–H and O–H groups in total. The van der Waals surface area contributed by atoms with Crippen LogP contribution in [-0.4, -0.2) is 63.6 Å². The third-order valence-corrected chi connectivity index (χ3v) is 8.48. The van der Waals surface area contributed by atoms with E-state index in [9.17, 15) is 18.0 Å². The molecule has 0 radical (unpaired) electrons. The van der Waals surface area contributed by atoms with E-state index < -0.39 is 34.2 Å². The van der Waals surface area contributed by atoms with E-state index in [1.165, 1.54) is 38.5 Å². The summed E-state index contributed by atoms with van der Waals surface area (Å²) in [5, 5.41) is 2.92. The summed E-state index contributed by atoms with van der Waals surface area (Å²) in [6.07, 6.45) is -0.415. The van der Waals surface area contributed by atoms with Gasteiger partial charge in [0, 0.05) is 19.0 Å². The first-order valence-electron chi connectivity index (χ1n) is 12.6. The summed E-state index contributed by atoms with van der Waals surface area (Å²) >= 11 is 0. The van der Waals surface area contributed by atoms with Crippen molar-refractivity contribution >= 4 is 21.9 Å². The number of hydrogen-bond acceptors (Lipinski definition) is 7. The zero-order valence-electron chi connectivity index (χ0n) is 21.9. The van der Waals surface area contributed by atoms with Gasteiger partial charge in [0.1, 0.15) is 17.9 Å². The summed E-state index contributed by atoms with van der Waals surface area (Å²) in [7, 11) is -1.36. The summed E-state index contributed by atoms with van der Waals surface area (Å²) in [6.45, 7) is 0.149. The Morgan fingerprint density at radius 1 is 0.923 bits per heavy atom. The van der Waals surface area contributed by atoms with E-state index in [1.54, 1.807) is 0 Å². The molecule has 1 aliphatic rings. The van der Waals surface area contributed by atoms with Crippen LogP contribution in [0, 0.1) is 0 Å². The maximum atomic E-state index is 13.5. The highest BCUT2D eigenvalue weighted by Crippen LogP contribution is 2.28. The van der Waals surface area contributed by atoms with Crippen molar-refractivity contribution in [2.75, 3.05) is 20.8 Å². The number of amides is 1. The van der Waals surface area contributed by atoms with E-state index in [1.807, 2.05) is 60.7 Å². The summed E-state index contributed by atoms with van der Waals surface area (Å²) in [5.41, 5.74) is 1.85. The van der Waals surface area contributed by atoms with Crippen LogP contribution in [0.4, 0.5) is 0 Å². The number of esters is 1. The average Bonchev–Trinajstić information content (AvgIpc) is 3.40. The quantitative estimate of drug-likeness (QED) is 0.364. The van der Waals surface area contributed by atoms with Crippen LogP contribution in [0.25, 0.3) is 0 Å². The molecule has 39 heavy (non-hydrogen) atoms. The second-order valence-corrected chi connectivity index (χ2v) is 11.1. The Morgan fingerprint density at radius 2 is 1.54 bits per heavy atom. The van der Waals surface area contributed by atoms with Gasteiger partial charge < -0.3 is 19.5 Å². The van der Waals surface area contributed by atoms with Crippen molar-refractivity contribution < 1.29 is 32.2 Å². The number of sulfonamides is 1. The molecule has 3 aromatic rings. The average molecular weight is 553 g/mol. The maximum Gasteiger partial charge on any atom is 0.324 e. The molecule has 3 aromatic carbocycles. The number of ether oxygens (including phenoxy) is 3. The smallest absolute Gasteiger partial charge is 0.324 e. The molecule has 0 unspecified atom stereocenters. The van der Waals surface area contributed by atoms with Gasteiger partial charge >= 0.3 is 5.97 Å². The number of nitrogens with one attached hydrogen (secondary N) is 1. The van der Waals surface area contributed by atoms with Gasteiger partial charge in [0.05, 0.1) is 25.7 Å². The molecular weight excluding hydrogens is 520 g/mol. The molecule has 9 nitrogen and oxygen atoms in total. The minimum absolute atomic E-state index is 0.0114. The van der Waals surface area contributed by atoms with Crippen LogP contribution in [0.3, 0.4) is 0 Å². The molecule has 206 valence electrons. The molecule has 4 rings (SSSR count). The SMILES string of the molecule is COC(=O)[C@H]1C[C@H](NC(=O)[C@H](Cc2ccccc2)OCc2ccccc2)CN1S(=O)(=O)c1ccc(OC)cc1. The summed E-state index contributed by atoms with van der Waals surface area (Å²) in [6, 6.07) is 23.2. The first-order chi connectivity index (χ1) is 18.8. The Morgan fingerprint density at radius 3 is 2.13 bits per heavy atom. The van der Waals surface area contributed by atoms with Gasteiger partial charge in [0.25, 0.3) is 0 Å². The third kappa shape index (κ3) is 7.03. The van der Waals surface area contributed by atoms with Gasteiger partial charge in [0.2, 0.25) is 15.9 Å². The van der Waals surface area contributed by atoms with Crippen LogP contribution in [0.15, 0.2) is 89.8 Å². The summed E-state index contributed by atoms with van der Waals surface area (Å²) in [5.74, 6) is -0.568. The van der Waals surface area contributed by atoms with Crippen LogP contribution in [-0.2, 0) is 42.1 Å². The topological polar surface area (TPSA) is 111 Å². The Bertz CT molecular complexity index is 1350. The number of carbonyl (C=O) groups is 2. The zero-order chi connectivity index (χ0) is 27.8. The lowest BCUT2D eigenvalue weighted by atomic mass is 10.1. The lowest BCUT2D eigenvalue weighted by Crippen LogP contribution is -2.45. The van der Waals surface area contributed by atoms with Crippen LogP contribution >= 0.6 is 0 Å². The fraction of sp³-hybridized carbons (Fsp3) is 0.310. The third-order valence-electron chi connectivity index (χ3n) is 6.59. The molecule has 1 amide bonds. The minimum Gasteiger partial charge on any atom is -0.497 e. The van der Waals surface area contributed by atoms with Crippen molar-refractivity contribution in [2.24, 2.45) is 0 Å². The standard InChI is InChI=1S/C29H32N2O7S/c1-36-24-13-15-25(16-14-24)39(34,35)31-19-23(18-26(31)29(33)37-2)30-28(32)27(17-21-9-5-3-6-10-21)38-20-22-11-7-4-8-12-22/h3-16,23,26-27H,17-20H2,1-2H3,(H,30,32)/t23-,26+,27-/m0/s1. The first-order valence-corrected chi connectivity index (χ1v) is 14.0. The van der Waals surface area contributed by atoms with Crippen molar-refractivity contribution in [3.8, 4) is 5.75 Å². The molecule has 1 saturated heterocycles. The molecule has 10 heteroatoms. The lowest BCUT2D eigenvalue weighted by molar-refractivity contribution is -0.144. The van der Waals surface area contributed by atoms with Crippen molar-refractivity contribution in [3.05, 3.63) is 96.1 Å². The Labute approximate surface area is 228 Å². The normalized spacial score (nSPS) is 18.3. The largest absolute Gasteiger partial charge is 0.497 e. The fourth-order valence-corrected chi connectivity index (χ4v) is 6.16. The molecule has 1 heterocycles. The number of carbonyl (C=O) groups excluding carboxylic acids is 2. The molecule has 0 aliphatic carbocycles. The number of methoxy groups -OCH3 is 2. The van der Waals surface area contributed by atoms with Gasteiger partial charge in [-0.2, -0.15) is 4.31 Å². The molecule has 1 fully saturated rings. The molecular formula is C29H32N2O7S. The van der Waals surface area contributed by atoms with E-state index in [2.05, 4.69) is 5.32 Å². The van der Waals surface area contributed by atoms with Crippen LogP contribution in [0.1, 0.15) is 17.5 Å². The van der Waals surface area contributed by atoms with Gasteiger partial charge in [-0.3, -0.25) is 9.59 Å². The van der Waals surface area contributed by atoms with E-state index >= 15 is 0 Å². The predicted octanol–water partition coefficient (Wildman–Crippen LogP) is 2.94. The van der Waals surface area contributed by atoms with Crippen LogP contribution in [0.5, 0.6) is 5.75 Å². The predicted molar refractivity (Wildman–Crippen MR) is 144 cm³/mol. The number of nitrogens with zero attached hydrogens (tertiary/aromatic N) is 1. The van der Waals surface area contributed by atoms with Crippen LogP contribution in [0.2, 0.25) is 0 Å². The highest BCUT2D eigenvalue weighted by molar-refractivity contribution is 7.89. The summed E-state index contributed by atoms with van der Waals surface area (Å²) in [4.78, 5) is 26.0. The maximum absolute atomic E-state index is 13.5. The molecule has 0 saturated carbocycles. The van der Waals surface area contributed by atoms with Gasteiger partial charge in [-0.25, -0.2) is 8.42 Å². The Kier molecular flexibility index (Phi) is 9.34. The Hall–Kier alpha value is -3.73. The molecule has 3 atom stereocenters. The van der Waals surface area contributed by atoms with E-state index in [4.69, 9.17) is 14.2 Å². The van der Waals surface area contributed by atoms with Gasteiger partial charge in [0.15, 0.2) is 0 Å². The van der Waals surface area contributed by atoms with Crippen molar-refractivity contribution in [1.82, 2.24) is 9.62 Å². The number of rotatable bonds is 11. The Balaban J connectivity index is 1.51. The van der Waals surface area contributed by atoms with E-state index in [0.29, 0.717) is 12.2 Å². The molecule has 0 bridgehead atoms.